The maximum atomic E-state index is 4.80. The average molecular weight is 283 g/mol. The second-order valence-electron chi connectivity index (χ2n) is 5.90. The van der Waals surface area contributed by atoms with E-state index in [1.807, 2.05) is 11.8 Å². The van der Waals surface area contributed by atoms with Crippen LogP contribution in [0.15, 0.2) is 0 Å². The predicted molar refractivity (Wildman–Crippen MR) is 86.0 cm³/mol. The number of nitrogens with zero attached hydrogens (tertiary/aromatic N) is 2. The van der Waals surface area contributed by atoms with Gasteiger partial charge < -0.3 is 5.32 Å². The maximum absolute atomic E-state index is 4.80. The molecule has 0 spiro atoms. The van der Waals surface area contributed by atoms with E-state index in [0.717, 1.165) is 31.7 Å². The van der Waals surface area contributed by atoms with E-state index in [2.05, 4.69) is 50.9 Å². The summed E-state index contributed by atoms with van der Waals surface area (Å²) in [5.41, 5.74) is 4.23. The van der Waals surface area contributed by atoms with E-state index < -0.39 is 0 Å². The van der Waals surface area contributed by atoms with Crippen LogP contribution in [0.2, 0.25) is 0 Å². The molecule has 1 rings (SSSR count). The molecule has 0 fully saturated rings. The van der Waals surface area contributed by atoms with Gasteiger partial charge in [0, 0.05) is 29.1 Å². The lowest BCUT2D eigenvalue weighted by atomic mass is 10.1. The number of aromatic nitrogens is 2. The molecular weight excluding hydrogens is 254 g/mol. The van der Waals surface area contributed by atoms with Crippen molar-refractivity contribution in [3.63, 3.8) is 0 Å². The van der Waals surface area contributed by atoms with Crippen molar-refractivity contribution < 1.29 is 0 Å². The summed E-state index contributed by atoms with van der Waals surface area (Å²) in [5.74, 6) is 1.13. The lowest BCUT2D eigenvalue weighted by Gasteiger charge is -2.21. The van der Waals surface area contributed by atoms with Crippen LogP contribution in [0, 0.1) is 0 Å². The van der Waals surface area contributed by atoms with Crippen molar-refractivity contribution in [1.29, 1.82) is 0 Å². The van der Waals surface area contributed by atoms with Crippen LogP contribution in [0.1, 0.15) is 51.6 Å². The van der Waals surface area contributed by atoms with Crippen molar-refractivity contribution >= 4 is 11.8 Å². The Hall–Kier alpha value is -0.480. The Bertz CT molecular complexity index is 391. The van der Waals surface area contributed by atoms with Crippen LogP contribution in [0.25, 0.3) is 0 Å². The first kappa shape index (κ1) is 16.6. The Labute approximate surface area is 122 Å². The minimum atomic E-state index is 0.150. The monoisotopic (exact) mass is 283 g/mol. The largest absolute Gasteiger partial charge is 0.308 e. The molecule has 4 heteroatoms. The molecule has 19 heavy (non-hydrogen) atoms. The van der Waals surface area contributed by atoms with Gasteiger partial charge in [-0.15, -0.1) is 0 Å². The van der Waals surface area contributed by atoms with Gasteiger partial charge in [0.2, 0.25) is 0 Å². The third kappa shape index (κ3) is 4.84. The van der Waals surface area contributed by atoms with E-state index in [4.69, 9.17) is 5.10 Å². The van der Waals surface area contributed by atoms with Gasteiger partial charge in [-0.1, -0.05) is 13.8 Å². The highest BCUT2D eigenvalue weighted by Gasteiger charge is 2.17. The second-order valence-corrected chi connectivity index (χ2v) is 6.88. The average Bonchev–Trinajstić information content (AvgIpc) is 2.69. The quantitative estimate of drug-likeness (QED) is 0.833. The van der Waals surface area contributed by atoms with Gasteiger partial charge in [-0.25, -0.2) is 0 Å². The predicted octanol–water partition coefficient (Wildman–Crippen LogP) is 3.26. The fraction of sp³-hybridized carbons (Fsp3) is 0.800. The molecule has 0 amide bonds. The third-order valence-corrected chi connectivity index (χ3v) is 3.81. The minimum Gasteiger partial charge on any atom is -0.308 e. The summed E-state index contributed by atoms with van der Waals surface area (Å²) < 4.78 is 2.22. The molecule has 0 aliphatic heterocycles. The Morgan fingerprint density at radius 1 is 1.21 bits per heavy atom. The van der Waals surface area contributed by atoms with Gasteiger partial charge in [0.05, 0.1) is 12.2 Å². The topological polar surface area (TPSA) is 29.9 Å². The molecule has 0 unspecified atom stereocenters. The van der Waals surface area contributed by atoms with Gasteiger partial charge in [0.1, 0.15) is 0 Å². The van der Waals surface area contributed by atoms with E-state index in [9.17, 15) is 0 Å². The molecule has 0 atom stereocenters. The molecule has 1 aromatic heterocycles. The van der Waals surface area contributed by atoms with Gasteiger partial charge in [-0.3, -0.25) is 4.68 Å². The zero-order valence-corrected chi connectivity index (χ0v) is 14.2. The van der Waals surface area contributed by atoms with Crippen molar-refractivity contribution in [3.05, 3.63) is 17.0 Å². The summed E-state index contributed by atoms with van der Waals surface area (Å²) in [7, 11) is 0. The first-order chi connectivity index (χ1) is 8.92. The summed E-state index contributed by atoms with van der Waals surface area (Å²) in [6.07, 6.45) is 4.22. The number of nitrogens with one attached hydrogen (secondary N) is 1. The number of thioether (sulfide) groups is 1. The molecule has 0 saturated carbocycles. The van der Waals surface area contributed by atoms with E-state index in [1.54, 1.807) is 0 Å². The number of aryl methyl sites for hydroxylation is 2. The molecule has 1 aromatic rings. The normalized spacial score (nSPS) is 12.1. The first-order valence-corrected chi connectivity index (χ1v) is 8.63. The smallest absolute Gasteiger partial charge is 0.0669 e. The van der Waals surface area contributed by atoms with Gasteiger partial charge in [0.25, 0.3) is 0 Å². The fourth-order valence-corrected chi connectivity index (χ4v) is 2.54. The Balaban J connectivity index is 2.95. The molecule has 1 heterocycles. The Morgan fingerprint density at radius 2 is 1.89 bits per heavy atom. The fourth-order valence-electron chi connectivity index (χ4n) is 2.19. The number of rotatable bonds is 7. The van der Waals surface area contributed by atoms with Crippen molar-refractivity contribution in [2.75, 3.05) is 12.0 Å². The summed E-state index contributed by atoms with van der Waals surface area (Å²) in [4.78, 5) is 0. The standard InChI is InChI=1S/C15H29N3S/c1-7-13-12(11-16-15(3,4)5)14(8-2)18(17-13)9-10-19-6/h16H,7-11H2,1-6H3. The third-order valence-electron chi connectivity index (χ3n) is 3.22. The molecule has 0 aromatic carbocycles. The molecule has 3 nitrogen and oxygen atoms in total. The Morgan fingerprint density at radius 3 is 2.37 bits per heavy atom. The van der Waals surface area contributed by atoms with Crippen molar-refractivity contribution in [3.8, 4) is 0 Å². The lowest BCUT2D eigenvalue weighted by molar-refractivity contribution is 0.422. The number of hydrogen-bond donors (Lipinski definition) is 1. The second kappa shape index (κ2) is 7.34. The van der Waals surface area contributed by atoms with Gasteiger partial charge in [0.15, 0.2) is 0 Å². The summed E-state index contributed by atoms with van der Waals surface area (Å²) >= 11 is 1.88. The van der Waals surface area contributed by atoms with Crippen molar-refractivity contribution in [1.82, 2.24) is 15.1 Å². The van der Waals surface area contributed by atoms with E-state index in [-0.39, 0.29) is 5.54 Å². The van der Waals surface area contributed by atoms with Crippen LogP contribution in [0.5, 0.6) is 0 Å². The molecule has 0 radical (unpaired) electrons. The summed E-state index contributed by atoms with van der Waals surface area (Å²) in [6.45, 7) is 13.0. The molecule has 0 bridgehead atoms. The van der Waals surface area contributed by atoms with Crippen LogP contribution in [0.3, 0.4) is 0 Å². The van der Waals surface area contributed by atoms with Gasteiger partial charge in [-0.2, -0.15) is 16.9 Å². The van der Waals surface area contributed by atoms with Crippen molar-refractivity contribution in [2.24, 2.45) is 0 Å². The minimum absolute atomic E-state index is 0.150. The van der Waals surface area contributed by atoms with Crippen LogP contribution >= 0.6 is 11.8 Å². The van der Waals surface area contributed by atoms with Crippen LogP contribution < -0.4 is 5.32 Å². The molecule has 0 aliphatic rings. The number of hydrogen-bond acceptors (Lipinski definition) is 3. The first-order valence-electron chi connectivity index (χ1n) is 7.24. The Kier molecular flexibility index (Phi) is 6.40. The molecular formula is C15H29N3S. The zero-order valence-electron chi connectivity index (χ0n) is 13.3. The maximum Gasteiger partial charge on any atom is 0.0669 e. The SMILES string of the molecule is CCc1nn(CCSC)c(CC)c1CNC(C)(C)C. The van der Waals surface area contributed by atoms with Gasteiger partial charge in [-0.05, 0) is 39.9 Å². The summed E-state index contributed by atoms with van der Waals surface area (Å²) in [6, 6.07) is 0. The highest BCUT2D eigenvalue weighted by atomic mass is 32.2. The summed E-state index contributed by atoms with van der Waals surface area (Å²) in [5, 5.41) is 8.40. The van der Waals surface area contributed by atoms with Crippen LogP contribution in [-0.4, -0.2) is 27.3 Å². The molecule has 0 aliphatic carbocycles. The highest BCUT2D eigenvalue weighted by Crippen LogP contribution is 2.18. The molecule has 0 saturated heterocycles. The van der Waals surface area contributed by atoms with E-state index in [0.29, 0.717) is 0 Å². The van der Waals surface area contributed by atoms with E-state index >= 15 is 0 Å². The van der Waals surface area contributed by atoms with Crippen LogP contribution in [0.4, 0.5) is 0 Å². The van der Waals surface area contributed by atoms with E-state index in [1.165, 1.54) is 17.0 Å². The van der Waals surface area contributed by atoms with Crippen molar-refractivity contribution in [2.45, 2.75) is 66.1 Å². The lowest BCUT2D eigenvalue weighted by Crippen LogP contribution is -2.35. The molecule has 1 N–H and O–H groups in total. The zero-order chi connectivity index (χ0) is 14.5. The van der Waals surface area contributed by atoms with Gasteiger partial charge >= 0.3 is 0 Å². The van der Waals surface area contributed by atoms with Crippen LogP contribution in [-0.2, 0) is 25.9 Å². The molecule has 110 valence electrons. The highest BCUT2D eigenvalue weighted by molar-refractivity contribution is 7.98.